The van der Waals surface area contributed by atoms with Crippen LogP contribution in [-0.2, 0) is 0 Å². The molecule has 0 bridgehead atoms. The van der Waals surface area contributed by atoms with Gasteiger partial charge in [-0.3, -0.25) is 0 Å². The number of nitrogens with two attached hydrogens (primary N) is 1. The second-order valence-corrected chi connectivity index (χ2v) is 5.66. The largest absolute Gasteiger partial charge is 0.397 e. The van der Waals surface area contributed by atoms with E-state index in [-0.39, 0.29) is 18.6 Å². The van der Waals surface area contributed by atoms with Gasteiger partial charge in [-0.2, -0.15) is 0 Å². The minimum atomic E-state index is -0.201. The van der Waals surface area contributed by atoms with E-state index in [1.165, 1.54) is 12.0 Å². The van der Waals surface area contributed by atoms with Gasteiger partial charge in [0.25, 0.3) is 0 Å². The van der Waals surface area contributed by atoms with E-state index < -0.39 is 0 Å². The molecule has 4 heteroatoms. The van der Waals surface area contributed by atoms with Crippen LogP contribution in [0.5, 0.6) is 0 Å². The smallest absolute Gasteiger partial charge is 0.0574 e. The molecule has 0 heterocycles. The quantitative estimate of drug-likeness (QED) is 0.804. The molecule has 4 N–H and O–H groups in total. The second-order valence-electron chi connectivity index (χ2n) is 5.23. The lowest BCUT2D eigenvalue weighted by Gasteiger charge is -2.34. The van der Waals surface area contributed by atoms with Crippen LogP contribution in [0.25, 0.3) is 0 Å². The van der Waals surface area contributed by atoms with Crippen molar-refractivity contribution in [1.82, 2.24) is 0 Å². The van der Waals surface area contributed by atoms with Crippen molar-refractivity contribution < 1.29 is 10.2 Å². The molecule has 1 aromatic rings. The van der Waals surface area contributed by atoms with Crippen molar-refractivity contribution in [2.24, 2.45) is 11.7 Å². The van der Waals surface area contributed by atoms with Crippen LogP contribution in [0.2, 0.25) is 5.02 Å². The van der Waals surface area contributed by atoms with Crippen molar-refractivity contribution >= 4 is 11.6 Å². The molecule has 114 valence electrons. The SMILES string of the molecule is CCO.NCC(c1ccc(Cl)cc1)[C@@H]1CCCC[C@@H]1O. The Bertz CT molecular complexity index is 369. The maximum atomic E-state index is 10.1. The van der Waals surface area contributed by atoms with Gasteiger partial charge in [0.15, 0.2) is 0 Å². The highest BCUT2D eigenvalue weighted by Gasteiger charge is 2.30. The van der Waals surface area contributed by atoms with Gasteiger partial charge in [0, 0.05) is 17.5 Å². The molecule has 1 aromatic carbocycles. The normalized spacial score (nSPS) is 23.6. The Balaban J connectivity index is 0.000000612. The van der Waals surface area contributed by atoms with Crippen LogP contribution in [0.15, 0.2) is 24.3 Å². The third-order valence-electron chi connectivity index (χ3n) is 3.85. The van der Waals surface area contributed by atoms with Gasteiger partial charge >= 0.3 is 0 Å². The lowest BCUT2D eigenvalue weighted by atomic mass is 9.75. The zero-order valence-corrected chi connectivity index (χ0v) is 12.9. The summed E-state index contributed by atoms with van der Waals surface area (Å²) in [6.07, 6.45) is 4.12. The fourth-order valence-electron chi connectivity index (χ4n) is 2.88. The number of aliphatic hydroxyl groups is 2. The lowest BCUT2D eigenvalue weighted by Crippen LogP contribution is -2.33. The van der Waals surface area contributed by atoms with Gasteiger partial charge in [-0.25, -0.2) is 0 Å². The summed E-state index contributed by atoms with van der Waals surface area (Å²) in [6.45, 7) is 2.52. The Labute approximate surface area is 126 Å². The van der Waals surface area contributed by atoms with Crippen molar-refractivity contribution in [3.05, 3.63) is 34.9 Å². The van der Waals surface area contributed by atoms with Crippen molar-refractivity contribution in [2.75, 3.05) is 13.2 Å². The highest BCUT2D eigenvalue weighted by Crippen LogP contribution is 2.36. The highest BCUT2D eigenvalue weighted by molar-refractivity contribution is 6.30. The van der Waals surface area contributed by atoms with E-state index in [4.69, 9.17) is 22.4 Å². The van der Waals surface area contributed by atoms with Crippen LogP contribution in [0, 0.1) is 5.92 Å². The van der Waals surface area contributed by atoms with Crippen LogP contribution < -0.4 is 5.73 Å². The Hall–Kier alpha value is -0.610. The van der Waals surface area contributed by atoms with E-state index in [1.807, 2.05) is 24.3 Å². The average Bonchev–Trinajstić information content (AvgIpc) is 2.44. The first-order chi connectivity index (χ1) is 9.63. The first-order valence-electron chi connectivity index (χ1n) is 7.38. The maximum Gasteiger partial charge on any atom is 0.0574 e. The van der Waals surface area contributed by atoms with Crippen LogP contribution in [0.3, 0.4) is 0 Å². The Kier molecular flexibility index (Phi) is 8.15. The maximum absolute atomic E-state index is 10.1. The number of hydrogen-bond acceptors (Lipinski definition) is 3. The summed E-state index contributed by atoms with van der Waals surface area (Å²) in [5, 5.41) is 18.4. The van der Waals surface area contributed by atoms with Crippen molar-refractivity contribution in [1.29, 1.82) is 0 Å². The highest BCUT2D eigenvalue weighted by atomic mass is 35.5. The predicted octanol–water partition coefficient (Wildman–Crippen LogP) is 2.93. The summed E-state index contributed by atoms with van der Waals surface area (Å²) in [6, 6.07) is 7.85. The summed E-state index contributed by atoms with van der Waals surface area (Å²) in [5.41, 5.74) is 7.09. The summed E-state index contributed by atoms with van der Waals surface area (Å²) >= 11 is 5.89. The monoisotopic (exact) mass is 299 g/mol. The van der Waals surface area contributed by atoms with E-state index in [0.717, 1.165) is 24.3 Å². The van der Waals surface area contributed by atoms with Gasteiger partial charge in [0.1, 0.15) is 0 Å². The molecule has 0 aliphatic heterocycles. The van der Waals surface area contributed by atoms with Crippen molar-refractivity contribution in [3.8, 4) is 0 Å². The molecular weight excluding hydrogens is 274 g/mol. The van der Waals surface area contributed by atoms with Gasteiger partial charge < -0.3 is 15.9 Å². The zero-order valence-electron chi connectivity index (χ0n) is 12.1. The molecule has 1 saturated carbocycles. The van der Waals surface area contributed by atoms with Gasteiger partial charge in [-0.15, -0.1) is 0 Å². The minimum Gasteiger partial charge on any atom is -0.397 e. The average molecular weight is 300 g/mol. The second kappa shape index (κ2) is 9.35. The minimum absolute atomic E-state index is 0.201. The molecule has 0 spiro atoms. The first-order valence-corrected chi connectivity index (χ1v) is 7.76. The van der Waals surface area contributed by atoms with Gasteiger partial charge in [0.2, 0.25) is 0 Å². The van der Waals surface area contributed by atoms with Crippen LogP contribution in [0.4, 0.5) is 0 Å². The molecule has 3 nitrogen and oxygen atoms in total. The standard InChI is InChI=1S/C14H20ClNO.C2H6O/c15-11-7-5-10(6-8-11)13(9-16)12-3-1-2-4-14(12)17;1-2-3/h5-8,12-14,17H,1-4,9,16H2;3H,2H2,1H3/t12-,13?,14-;/m0./s1. The van der Waals surface area contributed by atoms with E-state index in [2.05, 4.69) is 0 Å². The van der Waals surface area contributed by atoms with Crippen molar-refractivity contribution in [3.63, 3.8) is 0 Å². The van der Waals surface area contributed by atoms with Crippen LogP contribution in [0.1, 0.15) is 44.1 Å². The van der Waals surface area contributed by atoms with Gasteiger partial charge in [0.05, 0.1) is 6.10 Å². The van der Waals surface area contributed by atoms with Gasteiger partial charge in [-0.1, -0.05) is 36.6 Å². The number of halogens is 1. The third kappa shape index (κ3) is 5.06. The van der Waals surface area contributed by atoms with E-state index in [0.29, 0.717) is 12.5 Å². The zero-order chi connectivity index (χ0) is 15.0. The van der Waals surface area contributed by atoms with Crippen LogP contribution in [-0.4, -0.2) is 29.5 Å². The molecular formula is C16H26ClNO2. The third-order valence-corrected chi connectivity index (χ3v) is 4.10. The van der Waals surface area contributed by atoms with E-state index in [9.17, 15) is 5.11 Å². The molecule has 1 aliphatic rings. The molecule has 2 rings (SSSR count). The van der Waals surface area contributed by atoms with E-state index >= 15 is 0 Å². The molecule has 1 unspecified atom stereocenters. The summed E-state index contributed by atoms with van der Waals surface area (Å²) in [4.78, 5) is 0. The first kappa shape index (κ1) is 17.4. The number of rotatable bonds is 3. The Morgan fingerprint density at radius 3 is 2.30 bits per heavy atom. The molecule has 0 radical (unpaired) electrons. The molecule has 20 heavy (non-hydrogen) atoms. The number of aliphatic hydroxyl groups excluding tert-OH is 2. The topological polar surface area (TPSA) is 66.5 Å². The van der Waals surface area contributed by atoms with Gasteiger partial charge in [-0.05, 0) is 49.9 Å². The predicted molar refractivity (Wildman–Crippen MR) is 84.0 cm³/mol. The Morgan fingerprint density at radius 1 is 1.25 bits per heavy atom. The Morgan fingerprint density at radius 2 is 1.80 bits per heavy atom. The fourth-order valence-corrected chi connectivity index (χ4v) is 3.00. The number of hydrogen-bond donors (Lipinski definition) is 3. The summed E-state index contributed by atoms with van der Waals surface area (Å²) in [7, 11) is 0. The molecule has 3 atom stereocenters. The molecule has 1 fully saturated rings. The molecule has 0 aromatic heterocycles. The lowest BCUT2D eigenvalue weighted by molar-refractivity contribution is 0.0561. The van der Waals surface area contributed by atoms with Crippen LogP contribution >= 0.6 is 11.6 Å². The molecule has 1 aliphatic carbocycles. The summed E-state index contributed by atoms with van der Waals surface area (Å²) < 4.78 is 0. The fraction of sp³-hybridized carbons (Fsp3) is 0.625. The molecule has 0 saturated heterocycles. The van der Waals surface area contributed by atoms with Crippen molar-refractivity contribution in [2.45, 2.75) is 44.6 Å². The van der Waals surface area contributed by atoms with E-state index in [1.54, 1.807) is 6.92 Å². The molecule has 0 amide bonds. The summed E-state index contributed by atoms with van der Waals surface area (Å²) in [5.74, 6) is 0.553. The number of benzene rings is 1.